The molecule has 0 bridgehead atoms. The molecule has 2 heterocycles. The van der Waals surface area contributed by atoms with E-state index in [1.807, 2.05) is 42.5 Å². The van der Waals surface area contributed by atoms with Crippen LogP contribution < -0.4 is 10.4 Å². The summed E-state index contributed by atoms with van der Waals surface area (Å²) in [5.41, 5.74) is 8.68. The zero-order chi connectivity index (χ0) is 25.9. The first-order valence-corrected chi connectivity index (χ1v) is 14.1. The lowest BCUT2D eigenvalue weighted by molar-refractivity contribution is -0.119. The van der Waals surface area contributed by atoms with Gasteiger partial charge in [0.05, 0.1) is 13.2 Å². The fourth-order valence-electron chi connectivity index (χ4n) is 5.21. The minimum absolute atomic E-state index is 0.189. The Bertz CT molecular complexity index is 1350. The SMILES string of the molecule is CC(C)(C)[Si](OC[C@H]1Cn2nnnc2[C@@](N=[N+]=[N-])(c2ccccc2)O1)(c1ccccc1)c1ccccc1. The highest BCUT2D eigenvalue weighted by Crippen LogP contribution is 2.40. The molecule has 0 saturated carbocycles. The van der Waals surface area contributed by atoms with Crippen molar-refractivity contribution >= 4 is 18.7 Å². The third kappa shape index (κ3) is 4.34. The van der Waals surface area contributed by atoms with Crippen LogP contribution in [0, 0.1) is 0 Å². The molecule has 1 aliphatic heterocycles. The average Bonchev–Trinajstić information content (AvgIpc) is 3.40. The summed E-state index contributed by atoms with van der Waals surface area (Å²) in [5, 5.41) is 18.5. The van der Waals surface area contributed by atoms with Crippen LogP contribution in [-0.4, -0.2) is 41.2 Å². The standard InChI is InChI=1S/C27H29N7O2Si/c1-26(2,3)37(23-15-9-5-10-16-23,24-17-11-6-12-18-24)35-20-22-19-34-25(29-32-33-34)27(36-22,30-31-28)21-13-7-4-8-14-21/h4-18,22H,19-20H2,1-3H3/t22-,27-/m1/s1. The maximum absolute atomic E-state index is 9.53. The highest BCUT2D eigenvalue weighted by molar-refractivity contribution is 6.99. The average molecular weight is 512 g/mol. The van der Waals surface area contributed by atoms with Crippen molar-refractivity contribution in [1.82, 2.24) is 20.2 Å². The summed E-state index contributed by atoms with van der Waals surface area (Å²) in [6, 6.07) is 30.2. The third-order valence-corrected chi connectivity index (χ3v) is 11.8. The Kier molecular flexibility index (Phi) is 6.66. The largest absolute Gasteiger partial charge is 0.405 e. The van der Waals surface area contributed by atoms with Crippen molar-refractivity contribution in [3.05, 3.63) is 113 Å². The number of ether oxygens (including phenoxy) is 1. The second-order valence-electron chi connectivity index (χ2n) is 10.1. The molecule has 5 rings (SSSR count). The van der Waals surface area contributed by atoms with Crippen molar-refractivity contribution in [2.45, 2.75) is 44.2 Å². The molecule has 10 heteroatoms. The normalized spacial score (nSPS) is 19.6. The Morgan fingerprint density at radius 3 is 2.11 bits per heavy atom. The van der Waals surface area contributed by atoms with Crippen LogP contribution in [0.5, 0.6) is 0 Å². The van der Waals surface area contributed by atoms with Gasteiger partial charge in [0.1, 0.15) is 6.10 Å². The first-order valence-electron chi connectivity index (χ1n) is 12.2. The highest BCUT2D eigenvalue weighted by Gasteiger charge is 2.52. The molecule has 0 amide bonds. The minimum atomic E-state index is -2.80. The van der Waals surface area contributed by atoms with Gasteiger partial charge in [-0.05, 0) is 42.0 Å². The molecule has 0 spiro atoms. The number of rotatable bonds is 7. The van der Waals surface area contributed by atoms with E-state index in [9.17, 15) is 5.53 Å². The fraction of sp³-hybridized carbons (Fsp3) is 0.296. The van der Waals surface area contributed by atoms with E-state index in [0.717, 1.165) is 0 Å². The zero-order valence-electron chi connectivity index (χ0n) is 21.1. The van der Waals surface area contributed by atoms with Crippen LogP contribution >= 0.6 is 0 Å². The minimum Gasteiger partial charge on any atom is -0.405 e. The first kappa shape index (κ1) is 24.9. The summed E-state index contributed by atoms with van der Waals surface area (Å²) in [6.07, 6.45) is -0.469. The Labute approximate surface area is 216 Å². The lowest BCUT2D eigenvalue weighted by atomic mass is 10.0. The van der Waals surface area contributed by atoms with Gasteiger partial charge in [-0.1, -0.05) is 112 Å². The molecule has 3 aromatic carbocycles. The molecule has 37 heavy (non-hydrogen) atoms. The molecular formula is C27H29N7O2Si. The lowest BCUT2D eigenvalue weighted by Gasteiger charge is -2.44. The topological polar surface area (TPSA) is 111 Å². The predicted octanol–water partition coefficient (Wildman–Crippen LogP) is 4.16. The number of aromatic nitrogens is 4. The maximum Gasteiger partial charge on any atom is 0.261 e. The number of fused-ring (bicyclic) bond motifs is 1. The van der Waals surface area contributed by atoms with E-state index < -0.39 is 20.1 Å². The maximum atomic E-state index is 9.53. The molecule has 1 aliphatic rings. The van der Waals surface area contributed by atoms with E-state index in [1.165, 1.54) is 10.4 Å². The molecule has 2 atom stereocenters. The van der Waals surface area contributed by atoms with Gasteiger partial charge >= 0.3 is 0 Å². The van der Waals surface area contributed by atoms with Crippen molar-refractivity contribution in [2.24, 2.45) is 5.11 Å². The van der Waals surface area contributed by atoms with Gasteiger partial charge in [-0.15, -0.1) is 5.10 Å². The second kappa shape index (κ2) is 9.91. The molecule has 9 nitrogen and oxygen atoms in total. The Hall–Kier alpha value is -3.82. The number of benzene rings is 3. The number of hydrogen-bond donors (Lipinski definition) is 0. The van der Waals surface area contributed by atoms with E-state index in [1.54, 1.807) is 4.68 Å². The Balaban J connectivity index is 1.57. The second-order valence-corrected chi connectivity index (χ2v) is 14.4. The molecular weight excluding hydrogens is 482 g/mol. The molecule has 188 valence electrons. The quantitative estimate of drug-likeness (QED) is 0.160. The predicted molar refractivity (Wildman–Crippen MR) is 143 cm³/mol. The molecule has 4 aromatic rings. The van der Waals surface area contributed by atoms with E-state index in [4.69, 9.17) is 9.16 Å². The summed E-state index contributed by atoms with van der Waals surface area (Å²) >= 11 is 0. The molecule has 0 saturated heterocycles. The van der Waals surface area contributed by atoms with Crippen LogP contribution in [0.1, 0.15) is 32.2 Å². The zero-order valence-corrected chi connectivity index (χ0v) is 22.1. The van der Waals surface area contributed by atoms with Crippen molar-refractivity contribution in [3.63, 3.8) is 0 Å². The van der Waals surface area contributed by atoms with Crippen molar-refractivity contribution in [2.75, 3.05) is 6.61 Å². The van der Waals surface area contributed by atoms with Gasteiger partial charge in [0.25, 0.3) is 8.32 Å². The van der Waals surface area contributed by atoms with Crippen LogP contribution in [0.4, 0.5) is 0 Å². The van der Waals surface area contributed by atoms with Gasteiger partial charge in [-0.25, -0.2) is 4.68 Å². The van der Waals surface area contributed by atoms with Crippen LogP contribution in [0.3, 0.4) is 0 Å². The van der Waals surface area contributed by atoms with Gasteiger partial charge in [-0.3, -0.25) is 0 Å². The first-order chi connectivity index (χ1) is 17.9. The molecule has 0 aliphatic carbocycles. The van der Waals surface area contributed by atoms with E-state index in [2.05, 4.69) is 94.9 Å². The summed E-state index contributed by atoms with van der Waals surface area (Å²) in [5.74, 6) is 0.346. The van der Waals surface area contributed by atoms with Crippen LogP contribution in [0.15, 0.2) is 96.1 Å². The molecule has 0 fully saturated rings. The molecule has 0 N–H and O–H groups in total. The van der Waals surface area contributed by atoms with Gasteiger partial charge in [-0.2, -0.15) is 0 Å². The summed E-state index contributed by atoms with van der Waals surface area (Å²) in [4.78, 5) is 3.12. The Morgan fingerprint density at radius 2 is 1.57 bits per heavy atom. The van der Waals surface area contributed by atoms with E-state index >= 15 is 0 Å². The van der Waals surface area contributed by atoms with E-state index in [0.29, 0.717) is 17.9 Å². The summed E-state index contributed by atoms with van der Waals surface area (Å²) < 4.78 is 15.3. The van der Waals surface area contributed by atoms with Crippen LogP contribution in [0.25, 0.3) is 10.4 Å². The molecule has 0 radical (unpaired) electrons. The molecule has 1 aromatic heterocycles. The fourth-order valence-corrected chi connectivity index (χ4v) is 9.80. The van der Waals surface area contributed by atoms with Gasteiger partial charge < -0.3 is 9.16 Å². The van der Waals surface area contributed by atoms with Crippen LogP contribution in [0.2, 0.25) is 5.04 Å². The highest BCUT2D eigenvalue weighted by atomic mass is 28.4. The Morgan fingerprint density at radius 1 is 1.00 bits per heavy atom. The number of hydrogen-bond acceptors (Lipinski definition) is 6. The van der Waals surface area contributed by atoms with Gasteiger partial charge in [0.2, 0.25) is 5.72 Å². The number of nitrogens with zero attached hydrogens (tertiary/aromatic N) is 7. The smallest absolute Gasteiger partial charge is 0.261 e. The van der Waals surface area contributed by atoms with E-state index in [-0.39, 0.29) is 11.6 Å². The summed E-state index contributed by atoms with van der Waals surface area (Å²) in [6.45, 7) is 7.33. The van der Waals surface area contributed by atoms with Gasteiger partial charge in [0.15, 0.2) is 5.82 Å². The van der Waals surface area contributed by atoms with Crippen LogP contribution in [-0.2, 0) is 21.4 Å². The number of tetrazole rings is 1. The lowest BCUT2D eigenvalue weighted by Crippen LogP contribution is -2.67. The summed E-state index contributed by atoms with van der Waals surface area (Å²) in [7, 11) is -2.80. The number of azide groups is 1. The molecule has 0 unspecified atom stereocenters. The van der Waals surface area contributed by atoms with Crippen molar-refractivity contribution < 1.29 is 9.16 Å². The van der Waals surface area contributed by atoms with Gasteiger partial charge in [0, 0.05) is 4.91 Å². The monoisotopic (exact) mass is 511 g/mol. The van der Waals surface area contributed by atoms with Crippen molar-refractivity contribution in [3.8, 4) is 0 Å². The third-order valence-electron chi connectivity index (χ3n) is 6.80. The van der Waals surface area contributed by atoms with Crippen molar-refractivity contribution in [1.29, 1.82) is 0 Å².